The number of carboxylic acid groups (broad SMARTS) is 1. The highest BCUT2D eigenvalue weighted by molar-refractivity contribution is 5.68. The summed E-state index contributed by atoms with van der Waals surface area (Å²) in [5, 5.41) is 12.0. The largest absolute Gasteiger partial charge is 0.490 e. The van der Waals surface area contributed by atoms with E-state index in [-0.39, 0.29) is 12.3 Å². The molecule has 1 aromatic carbocycles. The first-order chi connectivity index (χ1) is 9.20. The molecule has 0 amide bonds. The highest BCUT2D eigenvalue weighted by Crippen LogP contribution is 2.33. The van der Waals surface area contributed by atoms with Crippen LogP contribution in [0.5, 0.6) is 11.5 Å². The molecule has 5 nitrogen and oxygen atoms in total. The molecule has 0 aliphatic carbocycles. The number of ether oxygens (including phenoxy) is 2. The van der Waals surface area contributed by atoms with Crippen molar-refractivity contribution in [2.24, 2.45) is 0 Å². The van der Waals surface area contributed by atoms with E-state index in [1.165, 1.54) is 0 Å². The van der Waals surface area contributed by atoms with Crippen molar-refractivity contribution in [2.45, 2.75) is 18.8 Å². The van der Waals surface area contributed by atoms with Crippen molar-refractivity contribution in [3.05, 3.63) is 23.8 Å². The van der Waals surface area contributed by atoms with Gasteiger partial charge in [0.15, 0.2) is 11.5 Å². The third-order valence-electron chi connectivity index (χ3n) is 3.11. The van der Waals surface area contributed by atoms with Gasteiger partial charge in [-0.05, 0) is 24.7 Å². The SMILES string of the molecule is CNCC(CC(=O)O)c1ccc2c(c1)OCCCO2. The molecular weight excluding hydrogens is 246 g/mol. The van der Waals surface area contributed by atoms with Crippen molar-refractivity contribution < 1.29 is 19.4 Å². The second kappa shape index (κ2) is 6.43. The van der Waals surface area contributed by atoms with Crippen LogP contribution in [0.15, 0.2) is 18.2 Å². The van der Waals surface area contributed by atoms with Crippen molar-refractivity contribution in [1.29, 1.82) is 0 Å². The molecule has 0 saturated carbocycles. The summed E-state index contributed by atoms with van der Waals surface area (Å²) in [7, 11) is 1.82. The van der Waals surface area contributed by atoms with E-state index in [0.717, 1.165) is 17.7 Å². The van der Waals surface area contributed by atoms with E-state index in [4.69, 9.17) is 14.6 Å². The maximum Gasteiger partial charge on any atom is 0.304 e. The van der Waals surface area contributed by atoms with E-state index in [0.29, 0.717) is 25.5 Å². The number of fused-ring (bicyclic) bond motifs is 1. The molecule has 1 heterocycles. The normalized spacial score (nSPS) is 15.6. The van der Waals surface area contributed by atoms with Gasteiger partial charge in [0.05, 0.1) is 19.6 Å². The molecule has 1 aliphatic rings. The van der Waals surface area contributed by atoms with Crippen molar-refractivity contribution in [3.8, 4) is 11.5 Å². The van der Waals surface area contributed by atoms with Gasteiger partial charge in [-0.25, -0.2) is 0 Å². The Morgan fingerprint density at radius 2 is 2.11 bits per heavy atom. The number of benzene rings is 1. The lowest BCUT2D eigenvalue weighted by molar-refractivity contribution is -0.137. The van der Waals surface area contributed by atoms with E-state index in [2.05, 4.69) is 5.32 Å². The highest BCUT2D eigenvalue weighted by atomic mass is 16.5. The van der Waals surface area contributed by atoms with E-state index >= 15 is 0 Å². The third kappa shape index (κ3) is 3.61. The minimum atomic E-state index is -0.799. The fourth-order valence-corrected chi connectivity index (χ4v) is 2.20. The molecule has 0 fully saturated rings. The lowest BCUT2D eigenvalue weighted by Crippen LogP contribution is -2.20. The Morgan fingerprint density at radius 1 is 1.37 bits per heavy atom. The zero-order valence-electron chi connectivity index (χ0n) is 11.0. The number of nitrogens with one attached hydrogen (secondary N) is 1. The first-order valence-electron chi connectivity index (χ1n) is 6.46. The standard InChI is InChI=1S/C14H19NO4/c1-15-9-11(8-14(16)17)10-3-4-12-13(7-10)19-6-2-5-18-12/h3-4,7,11,15H,2,5-6,8-9H2,1H3,(H,16,17). The lowest BCUT2D eigenvalue weighted by atomic mass is 9.95. The van der Waals surface area contributed by atoms with Crippen LogP contribution in [0, 0.1) is 0 Å². The van der Waals surface area contributed by atoms with Gasteiger partial charge in [-0.1, -0.05) is 6.07 Å². The second-order valence-corrected chi connectivity index (χ2v) is 4.61. The maximum atomic E-state index is 10.9. The zero-order chi connectivity index (χ0) is 13.7. The topological polar surface area (TPSA) is 67.8 Å². The first-order valence-corrected chi connectivity index (χ1v) is 6.46. The summed E-state index contributed by atoms with van der Waals surface area (Å²) >= 11 is 0. The molecule has 104 valence electrons. The molecule has 5 heteroatoms. The molecule has 1 atom stereocenters. The van der Waals surface area contributed by atoms with Crippen LogP contribution >= 0.6 is 0 Å². The Labute approximate surface area is 112 Å². The molecule has 19 heavy (non-hydrogen) atoms. The Morgan fingerprint density at radius 3 is 2.79 bits per heavy atom. The summed E-state index contributed by atoms with van der Waals surface area (Å²) in [5.41, 5.74) is 0.959. The van der Waals surface area contributed by atoms with Crippen molar-refractivity contribution in [2.75, 3.05) is 26.8 Å². The summed E-state index contributed by atoms with van der Waals surface area (Å²) in [6.07, 6.45) is 0.958. The van der Waals surface area contributed by atoms with Gasteiger partial charge < -0.3 is 19.9 Å². The summed E-state index contributed by atoms with van der Waals surface area (Å²) in [4.78, 5) is 10.9. The summed E-state index contributed by atoms with van der Waals surface area (Å²) < 4.78 is 11.2. The zero-order valence-corrected chi connectivity index (χ0v) is 11.0. The predicted octanol–water partition coefficient (Wildman–Crippen LogP) is 1.63. The average molecular weight is 265 g/mol. The molecule has 0 spiro atoms. The first kappa shape index (κ1) is 13.7. The van der Waals surface area contributed by atoms with Crippen LogP contribution in [0.1, 0.15) is 24.3 Å². The van der Waals surface area contributed by atoms with Crippen LogP contribution < -0.4 is 14.8 Å². The monoisotopic (exact) mass is 265 g/mol. The fraction of sp³-hybridized carbons (Fsp3) is 0.500. The van der Waals surface area contributed by atoms with Gasteiger partial charge >= 0.3 is 5.97 Å². The van der Waals surface area contributed by atoms with Gasteiger partial charge in [0.25, 0.3) is 0 Å². The van der Waals surface area contributed by atoms with E-state index in [9.17, 15) is 4.79 Å². The number of likely N-dealkylation sites (N-methyl/N-ethyl adjacent to an activating group) is 1. The Bertz CT molecular complexity index is 447. The number of hydrogen-bond donors (Lipinski definition) is 2. The predicted molar refractivity (Wildman–Crippen MR) is 71.0 cm³/mol. The summed E-state index contributed by atoms with van der Waals surface area (Å²) in [5.74, 6) is 0.577. The molecule has 0 saturated heterocycles. The summed E-state index contributed by atoms with van der Waals surface area (Å²) in [6, 6.07) is 5.67. The Balaban J connectivity index is 2.22. The van der Waals surface area contributed by atoms with Crippen LogP contribution in [-0.4, -0.2) is 37.9 Å². The highest BCUT2D eigenvalue weighted by Gasteiger charge is 2.18. The molecule has 0 radical (unpaired) electrons. The average Bonchev–Trinajstić information content (AvgIpc) is 2.62. The Hall–Kier alpha value is -1.75. The molecule has 0 aromatic heterocycles. The van der Waals surface area contributed by atoms with E-state index in [1.54, 1.807) is 0 Å². The Kier molecular flexibility index (Phi) is 4.63. The quantitative estimate of drug-likeness (QED) is 0.847. The summed E-state index contributed by atoms with van der Waals surface area (Å²) in [6.45, 7) is 1.90. The number of rotatable bonds is 5. The minimum Gasteiger partial charge on any atom is -0.490 e. The van der Waals surface area contributed by atoms with Gasteiger partial charge in [0.1, 0.15) is 0 Å². The maximum absolute atomic E-state index is 10.9. The van der Waals surface area contributed by atoms with Gasteiger partial charge in [-0.3, -0.25) is 4.79 Å². The lowest BCUT2D eigenvalue weighted by Gasteiger charge is -2.17. The number of hydrogen-bond acceptors (Lipinski definition) is 4. The number of carboxylic acids is 1. The van der Waals surface area contributed by atoms with Gasteiger partial charge in [0, 0.05) is 18.9 Å². The van der Waals surface area contributed by atoms with Crippen molar-refractivity contribution in [3.63, 3.8) is 0 Å². The van der Waals surface area contributed by atoms with Crippen LogP contribution in [0.25, 0.3) is 0 Å². The minimum absolute atomic E-state index is 0.0698. The van der Waals surface area contributed by atoms with E-state index in [1.807, 2.05) is 25.2 Å². The molecule has 2 rings (SSSR count). The smallest absolute Gasteiger partial charge is 0.304 e. The van der Waals surface area contributed by atoms with Gasteiger partial charge in [-0.2, -0.15) is 0 Å². The van der Waals surface area contributed by atoms with Crippen molar-refractivity contribution in [1.82, 2.24) is 5.32 Å². The van der Waals surface area contributed by atoms with Crippen LogP contribution in [-0.2, 0) is 4.79 Å². The van der Waals surface area contributed by atoms with Crippen molar-refractivity contribution >= 4 is 5.97 Å². The second-order valence-electron chi connectivity index (χ2n) is 4.61. The molecular formula is C14H19NO4. The number of aliphatic carboxylic acids is 1. The molecule has 1 aliphatic heterocycles. The van der Waals surface area contributed by atoms with Crippen LogP contribution in [0.4, 0.5) is 0 Å². The molecule has 1 aromatic rings. The number of carbonyl (C=O) groups is 1. The van der Waals surface area contributed by atoms with Crippen LogP contribution in [0.2, 0.25) is 0 Å². The third-order valence-corrected chi connectivity index (χ3v) is 3.11. The van der Waals surface area contributed by atoms with Gasteiger partial charge in [-0.15, -0.1) is 0 Å². The molecule has 2 N–H and O–H groups in total. The van der Waals surface area contributed by atoms with E-state index < -0.39 is 5.97 Å². The van der Waals surface area contributed by atoms with Crippen LogP contribution in [0.3, 0.4) is 0 Å². The fourth-order valence-electron chi connectivity index (χ4n) is 2.20. The van der Waals surface area contributed by atoms with Gasteiger partial charge in [0.2, 0.25) is 0 Å². The molecule has 0 bridgehead atoms. The molecule has 1 unspecified atom stereocenters.